The summed E-state index contributed by atoms with van der Waals surface area (Å²) in [5, 5.41) is 13.6. The Labute approximate surface area is 150 Å². The van der Waals surface area contributed by atoms with E-state index in [0.29, 0.717) is 22.6 Å². The van der Waals surface area contributed by atoms with Gasteiger partial charge in [-0.15, -0.1) is 5.10 Å². The maximum Gasteiger partial charge on any atom is 0.238 e. The summed E-state index contributed by atoms with van der Waals surface area (Å²) in [6.45, 7) is 3.54. The van der Waals surface area contributed by atoms with Crippen LogP contribution in [0.5, 0.6) is 0 Å². The molecule has 0 aliphatic rings. The normalized spacial score (nSPS) is 12.1. The Morgan fingerprint density at radius 3 is 2.92 bits per heavy atom. The molecular weight excluding hydrogens is 394 g/mol. The number of carbonyl (C=O) groups excluding carboxylic acids is 1. The van der Waals surface area contributed by atoms with Gasteiger partial charge in [0, 0.05) is 16.1 Å². The summed E-state index contributed by atoms with van der Waals surface area (Å²) in [5.41, 5.74) is 0.909. The number of thioether (sulfide) groups is 1. The SMILES string of the molecule is Cc1cc(NC(=O)C(C)Sc2n[nH]c(-c3ccccc3Br)n2)no1. The molecule has 2 heterocycles. The summed E-state index contributed by atoms with van der Waals surface area (Å²) >= 11 is 4.74. The number of aromatic amines is 1. The predicted octanol–water partition coefficient (Wildman–Crippen LogP) is 3.65. The number of H-pyrrole nitrogens is 1. The first kappa shape index (κ1) is 16.7. The number of hydrogen-bond donors (Lipinski definition) is 2. The van der Waals surface area contributed by atoms with Crippen molar-refractivity contribution in [1.29, 1.82) is 0 Å². The third-order valence-electron chi connectivity index (χ3n) is 3.12. The average molecular weight is 408 g/mol. The van der Waals surface area contributed by atoms with E-state index in [1.165, 1.54) is 11.8 Å². The maximum atomic E-state index is 12.2. The summed E-state index contributed by atoms with van der Waals surface area (Å²) in [7, 11) is 0. The van der Waals surface area contributed by atoms with E-state index < -0.39 is 0 Å². The highest BCUT2D eigenvalue weighted by Gasteiger charge is 2.19. The van der Waals surface area contributed by atoms with Crippen LogP contribution in [-0.4, -0.2) is 31.5 Å². The van der Waals surface area contributed by atoms with Crippen molar-refractivity contribution in [2.75, 3.05) is 5.32 Å². The molecule has 0 bridgehead atoms. The van der Waals surface area contributed by atoms with Crippen molar-refractivity contribution >= 4 is 39.4 Å². The Kier molecular flexibility index (Phi) is 5.00. The zero-order valence-corrected chi connectivity index (χ0v) is 15.3. The molecule has 24 heavy (non-hydrogen) atoms. The zero-order valence-electron chi connectivity index (χ0n) is 12.9. The first-order valence-electron chi connectivity index (χ1n) is 7.11. The molecule has 0 spiro atoms. The first-order chi connectivity index (χ1) is 11.5. The molecule has 0 saturated carbocycles. The van der Waals surface area contributed by atoms with Crippen LogP contribution in [0.15, 0.2) is 44.5 Å². The molecule has 3 rings (SSSR count). The molecule has 0 saturated heterocycles. The molecule has 1 unspecified atom stereocenters. The second kappa shape index (κ2) is 7.18. The summed E-state index contributed by atoms with van der Waals surface area (Å²) < 4.78 is 5.84. The van der Waals surface area contributed by atoms with Crippen LogP contribution in [0, 0.1) is 6.92 Å². The minimum atomic E-state index is -0.384. The smallest absolute Gasteiger partial charge is 0.238 e. The molecule has 124 valence electrons. The van der Waals surface area contributed by atoms with E-state index in [1.54, 1.807) is 19.9 Å². The molecule has 0 aliphatic heterocycles. The van der Waals surface area contributed by atoms with Gasteiger partial charge >= 0.3 is 0 Å². The van der Waals surface area contributed by atoms with E-state index in [1.807, 2.05) is 24.3 Å². The summed E-state index contributed by atoms with van der Waals surface area (Å²) in [6, 6.07) is 9.37. The lowest BCUT2D eigenvalue weighted by Gasteiger charge is -2.07. The van der Waals surface area contributed by atoms with E-state index in [-0.39, 0.29) is 11.2 Å². The van der Waals surface area contributed by atoms with E-state index >= 15 is 0 Å². The second-order valence-electron chi connectivity index (χ2n) is 5.02. The molecule has 9 heteroatoms. The van der Waals surface area contributed by atoms with Crippen molar-refractivity contribution in [3.05, 3.63) is 40.6 Å². The highest BCUT2D eigenvalue weighted by atomic mass is 79.9. The van der Waals surface area contributed by atoms with Crippen LogP contribution >= 0.6 is 27.7 Å². The van der Waals surface area contributed by atoms with Gasteiger partial charge in [-0.3, -0.25) is 9.89 Å². The van der Waals surface area contributed by atoms with Gasteiger partial charge in [-0.05, 0) is 19.9 Å². The van der Waals surface area contributed by atoms with Gasteiger partial charge in [-0.1, -0.05) is 51.0 Å². The van der Waals surface area contributed by atoms with Crippen molar-refractivity contribution in [1.82, 2.24) is 20.3 Å². The number of aryl methyl sites for hydroxylation is 1. The standard InChI is InChI=1S/C15H14BrN5O2S/c1-8-7-12(21-23-8)17-14(22)9(2)24-15-18-13(19-20-15)10-5-3-4-6-11(10)16/h3-7,9H,1-2H3,(H,17,21,22)(H,18,19,20). The molecule has 0 fully saturated rings. The third-order valence-corrected chi connectivity index (χ3v) is 4.78. The number of aromatic nitrogens is 4. The molecule has 0 radical (unpaired) electrons. The molecule has 2 N–H and O–H groups in total. The highest BCUT2D eigenvalue weighted by Crippen LogP contribution is 2.27. The van der Waals surface area contributed by atoms with Gasteiger partial charge in [0.1, 0.15) is 5.76 Å². The fourth-order valence-corrected chi connectivity index (χ4v) is 3.13. The van der Waals surface area contributed by atoms with Gasteiger partial charge in [-0.25, -0.2) is 4.98 Å². The lowest BCUT2D eigenvalue weighted by Crippen LogP contribution is -2.22. The maximum absolute atomic E-state index is 12.2. The number of benzene rings is 1. The first-order valence-corrected chi connectivity index (χ1v) is 8.78. The molecule has 0 aliphatic carbocycles. The fourth-order valence-electron chi connectivity index (χ4n) is 1.94. The van der Waals surface area contributed by atoms with Crippen LogP contribution < -0.4 is 5.32 Å². The lowest BCUT2D eigenvalue weighted by atomic mass is 10.2. The number of amides is 1. The van der Waals surface area contributed by atoms with E-state index in [2.05, 4.69) is 41.6 Å². The minimum absolute atomic E-state index is 0.194. The van der Waals surface area contributed by atoms with Crippen LogP contribution in [0.1, 0.15) is 12.7 Å². The highest BCUT2D eigenvalue weighted by molar-refractivity contribution is 9.10. The van der Waals surface area contributed by atoms with Crippen molar-refractivity contribution < 1.29 is 9.32 Å². The van der Waals surface area contributed by atoms with Crippen LogP contribution in [0.4, 0.5) is 5.82 Å². The Balaban J connectivity index is 1.66. The monoisotopic (exact) mass is 407 g/mol. The van der Waals surface area contributed by atoms with Gasteiger partial charge in [-0.2, -0.15) is 0 Å². The average Bonchev–Trinajstić information content (AvgIpc) is 3.17. The van der Waals surface area contributed by atoms with Crippen LogP contribution in [-0.2, 0) is 4.79 Å². The van der Waals surface area contributed by atoms with Crippen molar-refractivity contribution in [3.63, 3.8) is 0 Å². The molecule has 1 aromatic carbocycles. The summed E-state index contributed by atoms with van der Waals surface area (Å²) in [4.78, 5) is 16.6. The van der Waals surface area contributed by atoms with E-state index in [9.17, 15) is 4.79 Å². The molecule has 1 amide bonds. The predicted molar refractivity (Wildman–Crippen MR) is 94.7 cm³/mol. The lowest BCUT2D eigenvalue weighted by molar-refractivity contribution is -0.115. The third kappa shape index (κ3) is 3.85. The Hall–Kier alpha value is -2.13. The topological polar surface area (TPSA) is 96.7 Å². The Morgan fingerprint density at radius 2 is 2.21 bits per heavy atom. The Bertz CT molecular complexity index is 863. The summed E-state index contributed by atoms with van der Waals surface area (Å²) in [6.07, 6.45) is 0. The van der Waals surface area contributed by atoms with Crippen LogP contribution in [0.25, 0.3) is 11.4 Å². The molecule has 7 nitrogen and oxygen atoms in total. The number of carbonyl (C=O) groups is 1. The molecule has 2 aromatic heterocycles. The van der Waals surface area contributed by atoms with Gasteiger partial charge in [0.2, 0.25) is 11.1 Å². The quantitative estimate of drug-likeness (QED) is 0.626. The van der Waals surface area contributed by atoms with Crippen LogP contribution in [0.2, 0.25) is 0 Å². The van der Waals surface area contributed by atoms with Gasteiger partial charge in [0.05, 0.1) is 5.25 Å². The molecule has 1 atom stereocenters. The van der Waals surface area contributed by atoms with Gasteiger partial charge < -0.3 is 9.84 Å². The molecular formula is C15H14BrN5O2S. The van der Waals surface area contributed by atoms with Crippen LogP contribution in [0.3, 0.4) is 0 Å². The zero-order chi connectivity index (χ0) is 17.1. The van der Waals surface area contributed by atoms with E-state index in [4.69, 9.17) is 4.52 Å². The Morgan fingerprint density at radius 1 is 1.42 bits per heavy atom. The van der Waals surface area contributed by atoms with E-state index in [0.717, 1.165) is 10.0 Å². The number of hydrogen-bond acceptors (Lipinski definition) is 6. The number of halogens is 1. The summed E-state index contributed by atoms with van der Waals surface area (Å²) in [5.74, 6) is 1.48. The van der Waals surface area contributed by atoms with Crippen molar-refractivity contribution in [3.8, 4) is 11.4 Å². The fraction of sp³-hybridized carbons (Fsp3) is 0.200. The number of anilines is 1. The van der Waals surface area contributed by atoms with Gasteiger partial charge in [0.25, 0.3) is 0 Å². The number of nitrogens with one attached hydrogen (secondary N) is 2. The second-order valence-corrected chi connectivity index (χ2v) is 7.18. The number of rotatable bonds is 5. The van der Waals surface area contributed by atoms with Crippen molar-refractivity contribution in [2.45, 2.75) is 24.3 Å². The van der Waals surface area contributed by atoms with Gasteiger partial charge in [0.15, 0.2) is 11.6 Å². The largest absolute Gasteiger partial charge is 0.360 e. The molecule has 3 aromatic rings. The number of nitrogens with zero attached hydrogens (tertiary/aromatic N) is 3. The van der Waals surface area contributed by atoms with Crippen molar-refractivity contribution in [2.24, 2.45) is 0 Å². The minimum Gasteiger partial charge on any atom is -0.360 e.